The Morgan fingerprint density at radius 1 is 1.32 bits per heavy atom. The van der Waals surface area contributed by atoms with Gasteiger partial charge in [0, 0.05) is 24.5 Å². The predicted molar refractivity (Wildman–Crippen MR) is 102 cm³/mol. The average molecular weight is 407 g/mol. The Kier molecular flexibility index (Phi) is 6.79. The van der Waals surface area contributed by atoms with Gasteiger partial charge in [-0.15, -0.1) is 0 Å². The first-order chi connectivity index (χ1) is 13.3. The van der Waals surface area contributed by atoms with Gasteiger partial charge in [-0.05, 0) is 35.9 Å². The van der Waals surface area contributed by atoms with E-state index in [1.807, 2.05) is 6.07 Å². The zero-order chi connectivity index (χ0) is 20.8. The number of nitrogens with one attached hydrogen (secondary N) is 1. The molecule has 0 aromatic heterocycles. The van der Waals surface area contributed by atoms with Crippen molar-refractivity contribution < 1.29 is 18.0 Å². The number of halogens is 4. The summed E-state index contributed by atoms with van der Waals surface area (Å²) >= 11 is 6.02. The Labute approximate surface area is 163 Å². The number of alkyl halides is 2. The van der Waals surface area contributed by atoms with Gasteiger partial charge in [-0.1, -0.05) is 17.7 Å². The molecule has 0 radical (unpaired) electrons. The first-order valence-electron chi connectivity index (χ1n) is 7.79. The molecule has 0 unspecified atom stereocenters. The average Bonchev–Trinajstić information content (AvgIpc) is 2.66. The van der Waals surface area contributed by atoms with E-state index in [1.165, 1.54) is 31.3 Å². The van der Waals surface area contributed by atoms with Crippen LogP contribution in [0.15, 0.2) is 52.7 Å². The van der Waals surface area contributed by atoms with Crippen LogP contribution in [0.4, 0.5) is 18.9 Å². The van der Waals surface area contributed by atoms with Gasteiger partial charge in [0.25, 0.3) is 12.3 Å². The molecule has 5 nitrogen and oxygen atoms in total. The normalized spacial score (nSPS) is 12.0. The Balaban J connectivity index is 2.51. The van der Waals surface area contributed by atoms with Gasteiger partial charge in [-0.25, -0.2) is 13.2 Å². The molecular weight excluding hydrogens is 393 g/mol. The molecule has 1 amide bonds. The second kappa shape index (κ2) is 9.06. The van der Waals surface area contributed by atoms with Crippen LogP contribution in [0, 0.1) is 17.1 Å². The summed E-state index contributed by atoms with van der Waals surface area (Å²) in [6, 6.07) is 9.81. The Bertz CT molecular complexity index is 1010. The molecule has 0 aliphatic rings. The van der Waals surface area contributed by atoms with Crippen molar-refractivity contribution in [3.05, 3.63) is 64.1 Å². The molecule has 0 fully saturated rings. The summed E-state index contributed by atoms with van der Waals surface area (Å²) in [5.41, 5.74) is 4.86. The largest absolute Gasteiger partial charge is 0.397 e. The highest BCUT2D eigenvalue weighted by molar-refractivity contribution is 6.32. The number of hydrogen-bond acceptors (Lipinski definition) is 4. The minimum Gasteiger partial charge on any atom is -0.397 e. The second-order valence-corrected chi connectivity index (χ2v) is 5.91. The van der Waals surface area contributed by atoms with Crippen LogP contribution < -0.4 is 11.1 Å². The van der Waals surface area contributed by atoms with Gasteiger partial charge in [-0.2, -0.15) is 5.26 Å². The van der Waals surface area contributed by atoms with Crippen LogP contribution in [0.3, 0.4) is 0 Å². The third-order valence-electron chi connectivity index (χ3n) is 3.68. The number of nitrogens with two attached hydrogens (primary N) is 1. The molecule has 2 rings (SSSR count). The molecule has 0 heterocycles. The van der Waals surface area contributed by atoms with E-state index in [1.54, 1.807) is 0 Å². The maximum Gasteiger partial charge on any atom is 0.278 e. The van der Waals surface area contributed by atoms with Gasteiger partial charge in [0.1, 0.15) is 11.9 Å². The molecule has 0 bridgehead atoms. The molecule has 0 aliphatic heterocycles. The molecule has 0 spiro atoms. The fraction of sp³-hybridized carbons (Fsp3) is 0.105. The van der Waals surface area contributed by atoms with Crippen molar-refractivity contribution in [2.45, 2.75) is 6.43 Å². The molecule has 28 heavy (non-hydrogen) atoms. The molecule has 9 heteroatoms. The van der Waals surface area contributed by atoms with E-state index < -0.39 is 29.4 Å². The molecule has 3 N–H and O–H groups in total. The van der Waals surface area contributed by atoms with E-state index >= 15 is 0 Å². The number of carbonyl (C=O) groups excluding carboxylic acids is 1. The zero-order valence-electron chi connectivity index (χ0n) is 14.5. The maximum absolute atomic E-state index is 13.8. The minimum absolute atomic E-state index is 0.135. The lowest BCUT2D eigenvalue weighted by Gasteiger charge is -2.14. The first kappa shape index (κ1) is 21.0. The summed E-state index contributed by atoms with van der Waals surface area (Å²) in [4.78, 5) is 16.0. The van der Waals surface area contributed by atoms with Crippen LogP contribution in [0.25, 0.3) is 11.1 Å². The Hall–Kier alpha value is -3.31. The maximum atomic E-state index is 13.8. The molecule has 0 aliphatic carbocycles. The number of nitriles is 1. The van der Waals surface area contributed by atoms with E-state index in [9.17, 15) is 18.0 Å². The third kappa shape index (κ3) is 4.69. The smallest absolute Gasteiger partial charge is 0.278 e. The fourth-order valence-electron chi connectivity index (χ4n) is 2.34. The summed E-state index contributed by atoms with van der Waals surface area (Å²) in [5, 5.41) is 11.5. The lowest BCUT2D eigenvalue weighted by molar-refractivity contribution is -0.112. The summed E-state index contributed by atoms with van der Waals surface area (Å²) in [6.07, 6.45) is -2.14. The van der Waals surface area contributed by atoms with E-state index in [0.717, 1.165) is 18.3 Å². The number of aliphatic imine (C=N–C) groups is 1. The standard InChI is InChI=1S/C19H14ClF3N4O/c1-26-9-14(17(25)18(22)23)19(28)27-16-5-4-12(21)7-13(16)10-2-3-11(8-24)15(20)6-10/h2-7,9,18H,25H2,1H3,(H,27,28)/b17-14+,26-9?. The van der Waals surface area contributed by atoms with Gasteiger partial charge in [0.05, 0.1) is 21.9 Å². The SMILES string of the molecule is CN=C/C(C(=O)Nc1ccc(F)cc1-c1ccc(C#N)c(Cl)c1)=C(\N)C(F)F. The van der Waals surface area contributed by atoms with E-state index in [2.05, 4.69) is 10.3 Å². The number of carbonyl (C=O) groups is 1. The van der Waals surface area contributed by atoms with Gasteiger partial charge >= 0.3 is 0 Å². The quantitative estimate of drug-likeness (QED) is 0.577. The van der Waals surface area contributed by atoms with E-state index in [-0.39, 0.29) is 21.8 Å². The van der Waals surface area contributed by atoms with E-state index in [4.69, 9.17) is 22.6 Å². The van der Waals surface area contributed by atoms with Gasteiger partial charge in [0.2, 0.25) is 0 Å². The molecule has 0 saturated carbocycles. The van der Waals surface area contributed by atoms with Crippen molar-refractivity contribution in [2.24, 2.45) is 10.7 Å². The lowest BCUT2D eigenvalue weighted by Crippen LogP contribution is -2.23. The van der Waals surface area contributed by atoms with Crippen molar-refractivity contribution in [1.82, 2.24) is 0 Å². The second-order valence-electron chi connectivity index (χ2n) is 5.51. The van der Waals surface area contributed by atoms with Crippen LogP contribution in [-0.4, -0.2) is 25.6 Å². The Morgan fingerprint density at radius 2 is 2.04 bits per heavy atom. The predicted octanol–water partition coefficient (Wildman–Crippen LogP) is 4.13. The van der Waals surface area contributed by atoms with Crippen molar-refractivity contribution in [2.75, 3.05) is 12.4 Å². The summed E-state index contributed by atoms with van der Waals surface area (Å²) in [5.74, 6) is -1.53. The van der Waals surface area contributed by atoms with Crippen LogP contribution in [0.5, 0.6) is 0 Å². The van der Waals surface area contributed by atoms with Crippen LogP contribution in [-0.2, 0) is 4.79 Å². The highest BCUT2D eigenvalue weighted by Crippen LogP contribution is 2.32. The van der Waals surface area contributed by atoms with Crippen molar-refractivity contribution in [1.29, 1.82) is 5.26 Å². The highest BCUT2D eigenvalue weighted by Gasteiger charge is 2.20. The Morgan fingerprint density at radius 3 is 2.61 bits per heavy atom. The third-order valence-corrected chi connectivity index (χ3v) is 3.99. The molecular formula is C19H14ClF3N4O. The molecule has 2 aromatic rings. The molecule has 0 saturated heterocycles. The number of allylic oxidation sites excluding steroid dienone is 1. The van der Waals surface area contributed by atoms with Crippen molar-refractivity contribution >= 4 is 29.4 Å². The number of anilines is 1. The van der Waals surface area contributed by atoms with Gasteiger partial charge in [-0.3, -0.25) is 9.79 Å². The van der Waals surface area contributed by atoms with Crippen molar-refractivity contribution in [3.63, 3.8) is 0 Å². The topological polar surface area (TPSA) is 91.3 Å². The number of benzene rings is 2. The first-order valence-corrected chi connectivity index (χ1v) is 8.17. The number of nitrogens with zero attached hydrogens (tertiary/aromatic N) is 2. The van der Waals surface area contributed by atoms with E-state index in [0.29, 0.717) is 5.56 Å². The summed E-state index contributed by atoms with van der Waals surface area (Å²) < 4.78 is 39.6. The molecule has 0 atom stereocenters. The highest BCUT2D eigenvalue weighted by atomic mass is 35.5. The lowest BCUT2D eigenvalue weighted by atomic mass is 10.0. The number of hydrogen-bond donors (Lipinski definition) is 2. The molecule has 2 aromatic carbocycles. The number of amides is 1. The van der Waals surface area contributed by atoms with Crippen LogP contribution >= 0.6 is 11.6 Å². The summed E-state index contributed by atoms with van der Waals surface area (Å²) in [7, 11) is 1.30. The van der Waals surface area contributed by atoms with Crippen LogP contribution in [0.2, 0.25) is 5.02 Å². The fourth-order valence-corrected chi connectivity index (χ4v) is 2.56. The molecule has 144 valence electrons. The number of rotatable bonds is 5. The monoisotopic (exact) mass is 406 g/mol. The summed E-state index contributed by atoms with van der Waals surface area (Å²) in [6.45, 7) is 0. The van der Waals surface area contributed by atoms with Crippen LogP contribution in [0.1, 0.15) is 5.56 Å². The van der Waals surface area contributed by atoms with Gasteiger partial charge in [0.15, 0.2) is 0 Å². The zero-order valence-corrected chi connectivity index (χ0v) is 15.3. The minimum atomic E-state index is -3.05. The van der Waals surface area contributed by atoms with Gasteiger partial charge < -0.3 is 11.1 Å². The van der Waals surface area contributed by atoms with Crippen molar-refractivity contribution in [3.8, 4) is 17.2 Å².